The lowest BCUT2D eigenvalue weighted by Crippen LogP contribution is -2.43. The van der Waals surface area contributed by atoms with E-state index in [9.17, 15) is 9.90 Å². The molecule has 1 saturated heterocycles. The van der Waals surface area contributed by atoms with E-state index in [-0.39, 0.29) is 6.10 Å². The molecule has 1 fully saturated rings. The monoisotopic (exact) mass is 263 g/mol. The largest absolute Gasteiger partial charge is 0.461 e. The summed E-state index contributed by atoms with van der Waals surface area (Å²) in [7, 11) is 0. The van der Waals surface area contributed by atoms with Gasteiger partial charge in [-0.1, -0.05) is 30.3 Å². The van der Waals surface area contributed by atoms with Crippen LogP contribution in [0.4, 0.5) is 0 Å². The van der Waals surface area contributed by atoms with Crippen LogP contribution >= 0.6 is 0 Å². The second-order valence-corrected chi connectivity index (χ2v) is 5.43. The average Bonchev–Trinajstić information content (AvgIpc) is 2.73. The number of nitrogens with zero attached hydrogens (tertiary/aromatic N) is 1. The molecule has 4 heteroatoms. The fourth-order valence-corrected chi connectivity index (χ4v) is 2.34. The van der Waals surface area contributed by atoms with Crippen molar-refractivity contribution in [3.05, 3.63) is 35.9 Å². The molecule has 2 rings (SSSR count). The third kappa shape index (κ3) is 3.55. The van der Waals surface area contributed by atoms with Crippen molar-refractivity contribution in [2.75, 3.05) is 13.1 Å². The molecule has 4 nitrogen and oxygen atoms in total. The van der Waals surface area contributed by atoms with Gasteiger partial charge in [-0.3, -0.25) is 4.90 Å². The number of benzene rings is 1. The average molecular weight is 263 g/mol. The summed E-state index contributed by atoms with van der Waals surface area (Å²) < 4.78 is 5.12. The Bertz CT molecular complexity index is 432. The molecule has 0 aliphatic carbocycles. The van der Waals surface area contributed by atoms with Gasteiger partial charge in [0, 0.05) is 26.1 Å². The van der Waals surface area contributed by atoms with Gasteiger partial charge in [-0.25, -0.2) is 4.79 Å². The van der Waals surface area contributed by atoms with Crippen molar-refractivity contribution < 1.29 is 14.6 Å². The van der Waals surface area contributed by atoms with E-state index >= 15 is 0 Å². The summed E-state index contributed by atoms with van der Waals surface area (Å²) in [4.78, 5) is 14.0. The van der Waals surface area contributed by atoms with Gasteiger partial charge in [-0.2, -0.15) is 0 Å². The van der Waals surface area contributed by atoms with Crippen LogP contribution in [0.3, 0.4) is 0 Å². The van der Waals surface area contributed by atoms with E-state index in [1.165, 1.54) is 5.56 Å². The number of rotatable bonds is 4. The van der Waals surface area contributed by atoms with Crippen molar-refractivity contribution in [3.8, 4) is 0 Å². The number of aliphatic hydroxyl groups is 1. The molecule has 1 N–H and O–H groups in total. The van der Waals surface area contributed by atoms with Crippen molar-refractivity contribution in [3.63, 3.8) is 0 Å². The van der Waals surface area contributed by atoms with Crippen LogP contribution in [0, 0.1) is 0 Å². The Morgan fingerprint density at radius 3 is 2.74 bits per heavy atom. The van der Waals surface area contributed by atoms with E-state index in [0.29, 0.717) is 19.5 Å². The first-order chi connectivity index (χ1) is 8.99. The minimum Gasteiger partial charge on any atom is -0.461 e. The maximum atomic E-state index is 11.9. The highest BCUT2D eigenvalue weighted by molar-refractivity contribution is 5.80. The maximum absolute atomic E-state index is 11.9. The predicted molar refractivity (Wildman–Crippen MR) is 72.5 cm³/mol. The fraction of sp³-hybridized carbons (Fsp3) is 0.533. The van der Waals surface area contributed by atoms with Crippen molar-refractivity contribution in [2.45, 2.75) is 38.5 Å². The van der Waals surface area contributed by atoms with Crippen LogP contribution in [0.2, 0.25) is 0 Å². The Balaban J connectivity index is 1.94. The number of β-amino-alcohol motifs (C(OH)–C–C–N with tert-alkyl or cyclic N) is 1. The number of ether oxygens (including phenoxy) is 1. The second-order valence-electron chi connectivity index (χ2n) is 5.43. The highest BCUT2D eigenvalue weighted by Gasteiger charge is 2.44. The predicted octanol–water partition coefficient (Wildman–Crippen LogP) is 1.57. The van der Waals surface area contributed by atoms with E-state index in [1.54, 1.807) is 13.8 Å². The Morgan fingerprint density at radius 1 is 1.42 bits per heavy atom. The number of carbonyl (C=O) groups is 1. The highest BCUT2D eigenvalue weighted by Crippen LogP contribution is 2.24. The Hall–Kier alpha value is -1.39. The van der Waals surface area contributed by atoms with Crippen molar-refractivity contribution in [1.82, 2.24) is 4.90 Å². The lowest BCUT2D eigenvalue weighted by Gasteiger charge is -2.23. The quantitative estimate of drug-likeness (QED) is 0.838. The van der Waals surface area contributed by atoms with Gasteiger partial charge in [0.25, 0.3) is 0 Å². The maximum Gasteiger partial charge on any atom is 0.339 e. The first-order valence-electron chi connectivity index (χ1n) is 6.69. The zero-order chi connectivity index (χ0) is 13.9. The Morgan fingerprint density at radius 2 is 2.11 bits per heavy atom. The molecule has 0 unspecified atom stereocenters. The normalized spacial score (nSPS) is 23.8. The van der Waals surface area contributed by atoms with Gasteiger partial charge in [0.05, 0.1) is 6.10 Å². The molecular weight excluding hydrogens is 242 g/mol. The second kappa shape index (κ2) is 5.72. The topological polar surface area (TPSA) is 49.8 Å². The standard InChI is InChI=1S/C15H21NO3/c1-12(2)19-14(17)15(18)8-9-16(11-15)10-13-6-4-3-5-7-13/h3-7,12,18H,8-11H2,1-2H3/t15-/m1/s1. The lowest BCUT2D eigenvalue weighted by atomic mass is 10.0. The molecule has 1 aromatic carbocycles. The van der Waals surface area contributed by atoms with Gasteiger partial charge in [-0.15, -0.1) is 0 Å². The molecule has 19 heavy (non-hydrogen) atoms. The van der Waals surface area contributed by atoms with E-state index in [2.05, 4.69) is 4.90 Å². The molecule has 0 radical (unpaired) electrons. The summed E-state index contributed by atoms with van der Waals surface area (Å²) in [5.41, 5.74) is -0.164. The van der Waals surface area contributed by atoms with Crippen LogP contribution in [0.5, 0.6) is 0 Å². The molecule has 0 saturated carbocycles. The molecular formula is C15H21NO3. The van der Waals surface area contributed by atoms with Crippen LogP contribution in [0.25, 0.3) is 0 Å². The molecule has 1 aliphatic heterocycles. The molecule has 1 atom stereocenters. The zero-order valence-corrected chi connectivity index (χ0v) is 11.5. The van der Waals surface area contributed by atoms with Gasteiger partial charge in [0.1, 0.15) is 0 Å². The highest BCUT2D eigenvalue weighted by atomic mass is 16.6. The molecule has 1 aromatic rings. The summed E-state index contributed by atoms with van der Waals surface area (Å²) in [6.45, 7) is 5.38. The third-order valence-corrected chi connectivity index (χ3v) is 3.30. The van der Waals surface area contributed by atoms with Gasteiger partial charge in [-0.05, 0) is 19.4 Å². The minimum absolute atomic E-state index is 0.195. The number of likely N-dealkylation sites (tertiary alicyclic amines) is 1. The lowest BCUT2D eigenvalue weighted by molar-refractivity contribution is -0.168. The number of hydrogen-bond acceptors (Lipinski definition) is 4. The Labute approximate surface area is 114 Å². The number of esters is 1. The molecule has 0 spiro atoms. The smallest absolute Gasteiger partial charge is 0.339 e. The van der Waals surface area contributed by atoms with Crippen LogP contribution in [-0.4, -0.2) is 40.8 Å². The van der Waals surface area contributed by atoms with Gasteiger partial charge in [0.15, 0.2) is 5.60 Å². The van der Waals surface area contributed by atoms with E-state index in [0.717, 1.165) is 6.54 Å². The fourth-order valence-electron chi connectivity index (χ4n) is 2.34. The number of carbonyl (C=O) groups excluding carboxylic acids is 1. The molecule has 0 aromatic heterocycles. The van der Waals surface area contributed by atoms with Crippen molar-refractivity contribution in [2.24, 2.45) is 0 Å². The molecule has 0 bridgehead atoms. The first-order valence-corrected chi connectivity index (χ1v) is 6.69. The van der Waals surface area contributed by atoms with Gasteiger partial charge < -0.3 is 9.84 Å². The summed E-state index contributed by atoms with van der Waals surface area (Å²) >= 11 is 0. The molecule has 1 heterocycles. The first kappa shape index (κ1) is 14.0. The molecule has 0 amide bonds. The summed E-state index contributed by atoms with van der Waals surface area (Å²) in [5, 5.41) is 10.3. The zero-order valence-electron chi connectivity index (χ0n) is 11.5. The van der Waals surface area contributed by atoms with Crippen LogP contribution in [-0.2, 0) is 16.1 Å². The van der Waals surface area contributed by atoms with E-state index in [4.69, 9.17) is 4.74 Å². The van der Waals surface area contributed by atoms with Crippen LogP contribution < -0.4 is 0 Å². The van der Waals surface area contributed by atoms with E-state index in [1.807, 2.05) is 30.3 Å². The minimum atomic E-state index is -1.35. The molecule has 1 aliphatic rings. The van der Waals surface area contributed by atoms with Crippen LogP contribution in [0.15, 0.2) is 30.3 Å². The van der Waals surface area contributed by atoms with E-state index < -0.39 is 11.6 Å². The van der Waals surface area contributed by atoms with Gasteiger partial charge in [0.2, 0.25) is 0 Å². The summed E-state index contributed by atoms with van der Waals surface area (Å²) in [5.74, 6) is -0.502. The van der Waals surface area contributed by atoms with Crippen molar-refractivity contribution >= 4 is 5.97 Å². The van der Waals surface area contributed by atoms with Crippen LogP contribution in [0.1, 0.15) is 25.8 Å². The van der Waals surface area contributed by atoms with Gasteiger partial charge >= 0.3 is 5.97 Å². The Kier molecular flexibility index (Phi) is 4.22. The SMILES string of the molecule is CC(C)OC(=O)[C@@]1(O)CCN(Cc2ccccc2)C1. The summed E-state index contributed by atoms with van der Waals surface area (Å²) in [6, 6.07) is 10.0. The van der Waals surface area contributed by atoms with Crippen molar-refractivity contribution in [1.29, 1.82) is 0 Å². The molecule has 104 valence electrons. The third-order valence-electron chi connectivity index (χ3n) is 3.30. The summed E-state index contributed by atoms with van der Waals surface area (Å²) in [6.07, 6.45) is 0.241. The number of hydrogen-bond donors (Lipinski definition) is 1.